The molecule has 0 saturated carbocycles. The molecule has 0 unspecified atom stereocenters. The van der Waals surface area contributed by atoms with Gasteiger partial charge in [-0.05, 0) is 6.92 Å². The molecule has 0 saturated heterocycles. The van der Waals surface area contributed by atoms with Gasteiger partial charge in [0, 0.05) is 13.7 Å². The van der Waals surface area contributed by atoms with E-state index in [1.807, 2.05) is 0 Å². The topological polar surface area (TPSA) is 111 Å². The van der Waals surface area contributed by atoms with Crippen LogP contribution in [-0.4, -0.2) is 48.2 Å². The highest BCUT2D eigenvalue weighted by molar-refractivity contribution is 7.92. The van der Waals surface area contributed by atoms with Gasteiger partial charge in [0.25, 0.3) is 0 Å². The van der Waals surface area contributed by atoms with Crippen LogP contribution in [0.5, 0.6) is 0 Å². The monoisotopic (exact) mass is 277 g/mol. The van der Waals surface area contributed by atoms with Crippen LogP contribution in [0.2, 0.25) is 0 Å². The number of aromatic nitrogens is 2. The molecule has 0 aliphatic rings. The van der Waals surface area contributed by atoms with Crippen molar-refractivity contribution in [3.05, 3.63) is 11.8 Å². The molecule has 1 aromatic rings. The molecule has 2 N–H and O–H groups in total. The number of aryl methyl sites for hydroxylation is 1. The third-order valence-electron chi connectivity index (χ3n) is 2.12. The van der Waals surface area contributed by atoms with E-state index in [0.717, 1.165) is 10.9 Å². The maximum absolute atomic E-state index is 11.7. The molecule has 0 bridgehead atoms. The van der Waals surface area contributed by atoms with Crippen LogP contribution in [0.25, 0.3) is 0 Å². The van der Waals surface area contributed by atoms with E-state index in [0.29, 0.717) is 6.61 Å². The van der Waals surface area contributed by atoms with Crippen LogP contribution < -0.4 is 4.72 Å². The van der Waals surface area contributed by atoms with Gasteiger partial charge in [-0.1, -0.05) is 0 Å². The van der Waals surface area contributed by atoms with Gasteiger partial charge in [0.05, 0.1) is 18.6 Å². The van der Waals surface area contributed by atoms with Crippen molar-refractivity contribution < 1.29 is 23.1 Å². The van der Waals surface area contributed by atoms with Gasteiger partial charge in [-0.3, -0.25) is 9.40 Å². The number of rotatable bonds is 7. The van der Waals surface area contributed by atoms with E-state index in [1.165, 1.54) is 7.05 Å². The van der Waals surface area contributed by atoms with Crippen LogP contribution in [0.3, 0.4) is 0 Å². The molecule has 0 atom stereocenters. The van der Waals surface area contributed by atoms with Crippen molar-refractivity contribution in [2.24, 2.45) is 7.05 Å². The third kappa shape index (κ3) is 3.70. The zero-order valence-electron chi connectivity index (χ0n) is 10.1. The number of nitrogens with zero attached hydrogens (tertiary/aromatic N) is 2. The van der Waals surface area contributed by atoms with Gasteiger partial charge in [0.15, 0.2) is 5.82 Å². The second-order valence-electron chi connectivity index (χ2n) is 3.45. The number of nitrogens with one attached hydrogen (secondary N) is 1. The van der Waals surface area contributed by atoms with Gasteiger partial charge in [0.1, 0.15) is 5.56 Å². The first-order valence-corrected chi connectivity index (χ1v) is 6.86. The number of hydrogen-bond acceptors (Lipinski definition) is 5. The van der Waals surface area contributed by atoms with E-state index >= 15 is 0 Å². The highest BCUT2D eigenvalue weighted by Gasteiger charge is 2.20. The molecule has 0 aliphatic carbocycles. The molecule has 18 heavy (non-hydrogen) atoms. The Morgan fingerprint density at radius 1 is 1.61 bits per heavy atom. The molecule has 0 aromatic carbocycles. The van der Waals surface area contributed by atoms with Crippen LogP contribution in [-0.2, 0) is 21.8 Å². The molecule has 0 amide bonds. The van der Waals surface area contributed by atoms with Crippen LogP contribution in [0.1, 0.15) is 17.3 Å². The molecule has 0 fully saturated rings. The lowest BCUT2D eigenvalue weighted by atomic mass is 10.3. The first-order valence-electron chi connectivity index (χ1n) is 5.21. The predicted molar refractivity (Wildman–Crippen MR) is 64.1 cm³/mol. The van der Waals surface area contributed by atoms with E-state index < -0.39 is 16.0 Å². The number of sulfonamides is 1. The van der Waals surface area contributed by atoms with Crippen molar-refractivity contribution in [3.8, 4) is 0 Å². The van der Waals surface area contributed by atoms with Crippen molar-refractivity contribution in [1.29, 1.82) is 0 Å². The molecule has 0 spiro atoms. The fourth-order valence-electron chi connectivity index (χ4n) is 1.23. The molecule has 0 aliphatic heterocycles. The second-order valence-corrected chi connectivity index (χ2v) is 5.30. The SMILES string of the molecule is CCOCCS(=O)(=O)Nc1c(C(=O)O)cnn1C. The summed E-state index contributed by atoms with van der Waals surface area (Å²) < 4.78 is 31.6. The molecular formula is C9H15N3O5S. The maximum Gasteiger partial charge on any atom is 0.341 e. The van der Waals surface area contributed by atoms with E-state index in [4.69, 9.17) is 9.84 Å². The molecule has 1 rings (SSSR count). The highest BCUT2D eigenvalue weighted by atomic mass is 32.2. The average Bonchev–Trinajstić information content (AvgIpc) is 2.60. The number of hydrogen-bond donors (Lipinski definition) is 2. The molecule has 9 heteroatoms. The molecule has 1 heterocycles. The summed E-state index contributed by atoms with van der Waals surface area (Å²) in [5, 5.41) is 12.6. The summed E-state index contributed by atoms with van der Waals surface area (Å²) >= 11 is 0. The largest absolute Gasteiger partial charge is 0.477 e. The van der Waals surface area contributed by atoms with Crippen LogP contribution in [0, 0.1) is 0 Å². The number of carboxylic acid groups (broad SMARTS) is 1. The molecule has 1 aromatic heterocycles. The first-order chi connectivity index (χ1) is 8.37. The number of aromatic carboxylic acids is 1. The van der Waals surface area contributed by atoms with Crippen LogP contribution in [0.4, 0.5) is 5.82 Å². The summed E-state index contributed by atoms with van der Waals surface area (Å²) in [6.07, 6.45) is 1.09. The van der Waals surface area contributed by atoms with Crippen molar-refractivity contribution in [2.75, 3.05) is 23.7 Å². The smallest absolute Gasteiger partial charge is 0.341 e. The minimum atomic E-state index is -3.65. The summed E-state index contributed by atoms with van der Waals surface area (Å²) in [7, 11) is -2.20. The van der Waals surface area contributed by atoms with Gasteiger partial charge in [0.2, 0.25) is 10.0 Å². The lowest BCUT2D eigenvalue weighted by Gasteiger charge is -2.09. The highest BCUT2D eigenvalue weighted by Crippen LogP contribution is 2.15. The van der Waals surface area contributed by atoms with Gasteiger partial charge in [-0.2, -0.15) is 5.10 Å². The van der Waals surface area contributed by atoms with E-state index in [9.17, 15) is 13.2 Å². The zero-order valence-corrected chi connectivity index (χ0v) is 10.9. The number of carbonyl (C=O) groups is 1. The zero-order chi connectivity index (χ0) is 13.8. The van der Waals surface area contributed by atoms with Gasteiger partial charge < -0.3 is 9.84 Å². The summed E-state index contributed by atoms with van der Waals surface area (Å²) in [4.78, 5) is 10.9. The second kappa shape index (κ2) is 5.83. The molecule has 0 radical (unpaired) electrons. The van der Waals surface area contributed by atoms with Gasteiger partial charge in [-0.15, -0.1) is 0 Å². The van der Waals surface area contributed by atoms with Gasteiger partial charge >= 0.3 is 5.97 Å². The minimum Gasteiger partial charge on any atom is -0.477 e. The Morgan fingerprint density at radius 3 is 2.83 bits per heavy atom. The third-order valence-corrected chi connectivity index (χ3v) is 3.33. The lowest BCUT2D eigenvalue weighted by molar-refractivity contribution is 0.0698. The Balaban J connectivity index is 2.84. The van der Waals surface area contributed by atoms with E-state index in [1.54, 1.807) is 6.92 Å². The predicted octanol–water partition coefficient (Wildman–Crippen LogP) is -0.103. The summed E-state index contributed by atoms with van der Waals surface area (Å²) in [5.41, 5.74) is -0.197. The summed E-state index contributed by atoms with van der Waals surface area (Å²) in [6, 6.07) is 0. The molecule has 8 nitrogen and oxygen atoms in total. The Bertz CT molecular complexity index is 522. The lowest BCUT2D eigenvalue weighted by Crippen LogP contribution is -2.22. The maximum atomic E-state index is 11.7. The fraction of sp³-hybridized carbons (Fsp3) is 0.556. The van der Waals surface area contributed by atoms with Gasteiger partial charge in [-0.25, -0.2) is 13.2 Å². The Kier molecular flexibility index (Phi) is 4.68. The Labute approximate surface area is 105 Å². The Morgan fingerprint density at radius 2 is 2.28 bits per heavy atom. The normalized spacial score (nSPS) is 11.4. The van der Waals surface area contributed by atoms with E-state index in [2.05, 4.69) is 9.82 Å². The number of anilines is 1. The van der Waals surface area contributed by atoms with E-state index in [-0.39, 0.29) is 23.7 Å². The minimum absolute atomic E-state index is 0.0477. The standard InChI is InChI=1S/C9H15N3O5S/c1-3-17-4-5-18(15,16)11-8-7(9(13)14)6-10-12(8)2/h6,11H,3-5H2,1-2H3,(H,13,14). The summed E-state index contributed by atoms with van der Waals surface area (Å²) in [6.45, 7) is 2.22. The summed E-state index contributed by atoms with van der Waals surface area (Å²) in [5.74, 6) is -1.56. The van der Waals surface area contributed by atoms with Crippen molar-refractivity contribution in [1.82, 2.24) is 9.78 Å². The van der Waals surface area contributed by atoms with Crippen molar-refractivity contribution in [3.63, 3.8) is 0 Å². The van der Waals surface area contributed by atoms with Crippen LogP contribution in [0.15, 0.2) is 6.20 Å². The average molecular weight is 277 g/mol. The molecule has 102 valence electrons. The first kappa shape index (κ1) is 14.5. The van der Waals surface area contributed by atoms with Crippen molar-refractivity contribution >= 4 is 21.8 Å². The quantitative estimate of drug-likeness (QED) is 0.673. The Hall–Kier alpha value is -1.61. The molecular weight excluding hydrogens is 262 g/mol. The van der Waals surface area contributed by atoms with Crippen molar-refractivity contribution in [2.45, 2.75) is 6.92 Å². The number of carboxylic acids is 1. The fourth-order valence-corrected chi connectivity index (χ4v) is 2.20. The van der Waals surface area contributed by atoms with Crippen LogP contribution >= 0.6 is 0 Å². The number of ether oxygens (including phenoxy) is 1.